The quantitative estimate of drug-likeness (QED) is 0.333. The minimum atomic E-state index is -1.03. The van der Waals surface area contributed by atoms with Crippen molar-refractivity contribution in [1.29, 1.82) is 0 Å². The largest absolute Gasteiger partial charge is 0.388 e. The van der Waals surface area contributed by atoms with E-state index in [0.717, 1.165) is 12.8 Å². The maximum atomic E-state index is 9.89. The van der Waals surface area contributed by atoms with E-state index in [9.17, 15) is 15.3 Å². The number of hydrogen-bond acceptors (Lipinski definition) is 5. The Kier molecular flexibility index (Phi) is 12.4. The van der Waals surface area contributed by atoms with E-state index in [0.29, 0.717) is 6.61 Å². The standard InChI is InChI=1S/C19H36O5/c1-2-3-4-5-6-7-8-9-10-11-12-13-23-14-17(21)19-18(22)16(20)15-24-19/h2-3,16-22H,4-15H2,1H3/b3-2+/t16-,17+,18-,19-/m0/s1. The molecule has 0 aliphatic carbocycles. The molecule has 0 saturated carbocycles. The lowest BCUT2D eigenvalue weighted by molar-refractivity contribution is -0.0813. The second-order valence-corrected chi connectivity index (χ2v) is 6.68. The molecule has 0 radical (unpaired) electrons. The van der Waals surface area contributed by atoms with Crippen LogP contribution in [0.2, 0.25) is 0 Å². The summed E-state index contributed by atoms with van der Waals surface area (Å²) in [5, 5.41) is 28.9. The fraction of sp³-hybridized carbons (Fsp3) is 0.895. The van der Waals surface area contributed by atoms with Crippen molar-refractivity contribution in [2.75, 3.05) is 19.8 Å². The zero-order valence-electron chi connectivity index (χ0n) is 15.1. The molecule has 0 aromatic heterocycles. The first kappa shape index (κ1) is 21.6. The van der Waals surface area contributed by atoms with Crippen LogP contribution in [-0.4, -0.2) is 59.6 Å². The summed E-state index contributed by atoms with van der Waals surface area (Å²) in [6, 6.07) is 0. The first-order valence-corrected chi connectivity index (χ1v) is 9.51. The highest BCUT2D eigenvalue weighted by molar-refractivity contribution is 4.87. The van der Waals surface area contributed by atoms with Crippen molar-refractivity contribution in [3.63, 3.8) is 0 Å². The van der Waals surface area contributed by atoms with Crippen LogP contribution in [0.15, 0.2) is 12.2 Å². The van der Waals surface area contributed by atoms with E-state index < -0.39 is 24.4 Å². The van der Waals surface area contributed by atoms with Gasteiger partial charge in [0.15, 0.2) is 0 Å². The summed E-state index contributed by atoms with van der Waals surface area (Å²) >= 11 is 0. The molecule has 0 bridgehead atoms. The SMILES string of the molecule is C/C=C/CCCCCCCCCCOC[C@@H](O)[C@@H]1OC[C@H](O)[C@@H]1O. The van der Waals surface area contributed by atoms with Crippen LogP contribution >= 0.6 is 0 Å². The third-order valence-electron chi connectivity index (χ3n) is 4.50. The molecule has 0 spiro atoms. The van der Waals surface area contributed by atoms with Crippen LogP contribution in [0.3, 0.4) is 0 Å². The monoisotopic (exact) mass is 344 g/mol. The van der Waals surface area contributed by atoms with Gasteiger partial charge in [0.05, 0.1) is 13.2 Å². The normalized spacial score (nSPS) is 25.6. The molecule has 142 valence electrons. The molecule has 1 heterocycles. The molecule has 1 rings (SSSR count). The van der Waals surface area contributed by atoms with E-state index in [-0.39, 0.29) is 13.2 Å². The van der Waals surface area contributed by atoms with E-state index in [2.05, 4.69) is 19.1 Å². The number of aliphatic hydroxyl groups excluding tert-OH is 3. The van der Waals surface area contributed by atoms with Gasteiger partial charge in [-0.1, -0.05) is 50.7 Å². The number of hydrogen-bond donors (Lipinski definition) is 3. The van der Waals surface area contributed by atoms with Gasteiger partial charge in [0.1, 0.15) is 24.4 Å². The van der Waals surface area contributed by atoms with Gasteiger partial charge in [-0.25, -0.2) is 0 Å². The van der Waals surface area contributed by atoms with Gasteiger partial charge in [-0.3, -0.25) is 0 Å². The van der Waals surface area contributed by atoms with Crippen LogP contribution in [-0.2, 0) is 9.47 Å². The topological polar surface area (TPSA) is 79.2 Å². The molecular weight excluding hydrogens is 308 g/mol. The zero-order valence-corrected chi connectivity index (χ0v) is 15.1. The maximum Gasteiger partial charge on any atom is 0.114 e. The Morgan fingerprint density at radius 2 is 1.67 bits per heavy atom. The number of allylic oxidation sites excluding steroid dienone is 2. The van der Waals surface area contributed by atoms with Crippen molar-refractivity contribution < 1.29 is 24.8 Å². The Hall–Kier alpha value is -0.460. The lowest BCUT2D eigenvalue weighted by Gasteiger charge is -2.20. The summed E-state index contributed by atoms with van der Waals surface area (Å²) in [6.07, 6.45) is 11.9. The third kappa shape index (κ3) is 9.14. The molecule has 5 nitrogen and oxygen atoms in total. The number of ether oxygens (including phenoxy) is 2. The van der Waals surface area contributed by atoms with Gasteiger partial charge >= 0.3 is 0 Å². The van der Waals surface area contributed by atoms with Crippen molar-refractivity contribution in [2.24, 2.45) is 0 Å². The molecule has 4 atom stereocenters. The number of aliphatic hydroxyl groups is 3. The Morgan fingerprint density at radius 3 is 2.25 bits per heavy atom. The van der Waals surface area contributed by atoms with E-state index in [1.807, 2.05) is 0 Å². The fourth-order valence-corrected chi connectivity index (χ4v) is 2.96. The lowest BCUT2D eigenvalue weighted by Crippen LogP contribution is -2.40. The second-order valence-electron chi connectivity index (χ2n) is 6.68. The fourth-order valence-electron chi connectivity index (χ4n) is 2.96. The predicted octanol–water partition coefficient (Wildman–Crippen LogP) is 2.57. The average molecular weight is 344 g/mol. The smallest absolute Gasteiger partial charge is 0.114 e. The number of unbranched alkanes of at least 4 members (excludes halogenated alkanes) is 8. The Morgan fingerprint density at radius 1 is 1.04 bits per heavy atom. The van der Waals surface area contributed by atoms with Crippen molar-refractivity contribution in [2.45, 2.75) is 89.1 Å². The van der Waals surface area contributed by atoms with Crippen molar-refractivity contribution >= 4 is 0 Å². The molecule has 0 aromatic carbocycles. The molecule has 0 amide bonds. The van der Waals surface area contributed by atoms with Crippen molar-refractivity contribution in [1.82, 2.24) is 0 Å². The minimum absolute atomic E-state index is 0.0677. The zero-order chi connectivity index (χ0) is 17.6. The molecule has 1 aliphatic heterocycles. The summed E-state index contributed by atoms with van der Waals surface area (Å²) in [5.41, 5.74) is 0. The van der Waals surface area contributed by atoms with Crippen LogP contribution in [0.1, 0.15) is 64.7 Å². The Balaban J connectivity index is 1.84. The van der Waals surface area contributed by atoms with Gasteiger partial charge in [-0.15, -0.1) is 0 Å². The molecule has 0 unspecified atom stereocenters. The molecule has 24 heavy (non-hydrogen) atoms. The van der Waals surface area contributed by atoms with Gasteiger partial charge in [0, 0.05) is 6.61 Å². The summed E-state index contributed by atoms with van der Waals surface area (Å²) in [7, 11) is 0. The van der Waals surface area contributed by atoms with Gasteiger partial charge in [-0.05, 0) is 26.2 Å². The Bertz CT molecular complexity index is 321. The maximum absolute atomic E-state index is 9.89. The van der Waals surface area contributed by atoms with Gasteiger partial charge in [0.25, 0.3) is 0 Å². The summed E-state index contributed by atoms with van der Waals surface area (Å²) in [4.78, 5) is 0. The van der Waals surface area contributed by atoms with Crippen molar-refractivity contribution in [3.05, 3.63) is 12.2 Å². The van der Waals surface area contributed by atoms with Crippen LogP contribution in [0.25, 0.3) is 0 Å². The number of rotatable bonds is 14. The van der Waals surface area contributed by atoms with Crippen molar-refractivity contribution in [3.8, 4) is 0 Å². The average Bonchev–Trinajstić information content (AvgIpc) is 2.91. The van der Waals surface area contributed by atoms with Crippen LogP contribution in [0.5, 0.6) is 0 Å². The molecule has 1 saturated heterocycles. The van der Waals surface area contributed by atoms with Crippen LogP contribution in [0, 0.1) is 0 Å². The minimum Gasteiger partial charge on any atom is -0.388 e. The second kappa shape index (κ2) is 13.8. The van der Waals surface area contributed by atoms with Crippen LogP contribution < -0.4 is 0 Å². The molecule has 0 aromatic rings. The predicted molar refractivity (Wildman–Crippen MR) is 94.9 cm³/mol. The third-order valence-corrected chi connectivity index (χ3v) is 4.50. The molecule has 1 aliphatic rings. The van der Waals surface area contributed by atoms with E-state index in [1.54, 1.807) is 0 Å². The van der Waals surface area contributed by atoms with Gasteiger partial charge < -0.3 is 24.8 Å². The molecule has 3 N–H and O–H groups in total. The highest BCUT2D eigenvalue weighted by atomic mass is 16.5. The molecular formula is C19H36O5. The molecule has 5 heteroatoms. The summed E-state index contributed by atoms with van der Waals surface area (Å²) in [5.74, 6) is 0. The van der Waals surface area contributed by atoms with E-state index in [4.69, 9.17) is 9.47 Å². The highest BCUT2D eigenvalue weighted by Crippen LogP contribution is 2.18. The summed E-state index contributed by atoms with van der Waals surface area (Å²) in [6.45, 7) is 2.89. The van der Waals surface area contributed by atoms with Gasteiger partial charge in [0.2, 0.25) is 0 Å². The first-order valence-electron chi connectivity index (χ1n) is 9.51. The lowest BCUT2D eigenvalue weighted by atomic mass is 10.1. The van der Waals surface area contributed by atoms with E-state index in [1.165, 1.54) is 44.9 Å². The van der Waals surface area contributed by atoms with Crippen LogP contribution in [0.4, 0.5) is 0 Å². The Labute approximate surface area is 146 Å². The molecule has 1 fully saturated rings. The first-order chi connectivity index (χ1) is 11.7. The summed E-state index contributed by atoms with van der Waals surface area (Å²) < 4.78 is 10.6. The van der Waals surface area contributed by atoms with Gasteiger partial charge in [-0.2, -0.15) is 0 Å². The highest BCUT2D eigenvalue weighted by Gasteiger charge is 2.39. The van der Waals surface area contributed by atoms with E-state index >= 15 is 0 Å².